The van der Waals surface area contributed by atoms with E-state index in [1.807, 2.05) is 60.7 Å². The maximum Gasteiger partial charge on any atom is 0.150 e. The van der Waals surface area contributed by atoms with E-state index in [1.165, 1.54) is 0 Å². The molecule has 4 aromatic rings. The van der Waals surface area contributed by atoms with Gasteiger partial charge in [-0.1, -0.05) is 54.6 Å². The Kier molecular flexibility index (Phi) is 4.05. The van der Waals surface area contributed by atoms with Crippen LogP contribution in [0.15, 0.2) is 78.9 Å². The van der Waals surface area contributed by atoms with Gasteiger partial charge >= 0.3 is 0 Å². The number of rotatable bonds is 5. The van der Waals surface area contributed by atoms with Crippen molar-refractivity contribution < 1.29 is 9.53 Å². The van der Waals surface area contributed by atoms with Gasteiger partial charge in [0.05, 0.1) is 0 Å². The molecule has 3 aromatic carbocycles. The quantitative estimate of drug-likeness (QED) is 0.510. The number of carbonyl (C=O) groups excluding carboxylic acids is 1. The van der Waals surface area contributed by atoms with E-state index in [0.717, 1.165) is 39.8 Å². The first-order valence-electron chi connectivity index (χ1n) is 8.17. The van der Waals surface area contributed by atoms with Crippen LogP contribution in [-0.4, -0.2) is 11.3 Å². The number of benzene rings is 3. The van der Waals surface area contributed by atoms with Crippen LogP contribution in [0.2, 0.25) is 0 Å². The second-order valence-electron chi connectivity index (χ2n) is 5.95. The van der Waals surface area contributed by atoms with Gasteiger partial charge in [0, 0.05) is 22.2 Å². The lowest BCUT2D eigenvalue weighted by molar-refractivity contribution is 0.112. The van der Waals surface area contributed by atoms with E-state index in [1.54, 1.807) is 0 Å². The van der Waals surface area contributed by atoms with Crippen LogP contribution >= 0.6 is 0 Å². The van der Waals surface area contributed by atoms with E-state index in [2.05, 4.69) is 23.2 Å². The number of fused-ring (bicyclic) bond motifs is 1. The number of H-pyrrole nitrogens is 1. The Morgan fingerprint density at radius 2 is 1.68 bits per heavy atom. The van der Waals surface area contributed by atoms with Gasteiger partial charge in [-0.25, -0.2) is 0 Å². The molecule has 4 rings (SSSR count). The third-order valence-corrected chi connectivity index (χ3v) is 4.20. The minimum atomic E-state index is 0.552. The smallest absolute Gasteiger partial charge is 0.150 e. The fraction of sp³-hybridized carbons (Fsp3) is 0.0455. The molecule has 0 radical (unpaired) electrons. The van der Waals surface area contributed by atoms with Crippen molar-refractivity contribution in [1.29, 1.82) is 0 Å². The summed E-state index contributed by atoms with van der Waals surface area (Å²) < 4.78 is 5.89. The van der Waals surface area contributed by atoms with E-state index >= 15 is 0 Å². The Hall–Kier alpha value is -3.33. The van der Waals surface area contributed by atoms with Crippen LogP contribution in [-0.2, 0) is 6.61 Å². The third-order valence-electron chi connectivity index (χ3n) is 4.20. The van der Waals surface area contributed by atoms with E-state index in [-0.39, 0.29) is 0 Å². The molecule has 0 bridgehead atoms. The average Bonchev–Trinajstić information content (AvgIpc) is 3.10. The maximum absolute atomic E-state index is 10.8. The van der Waals surface area contributed by atoms with Crippen molar-refractivity contribution in [2.24, 2.45) is 0 Å². The Bertz CT molecular complexity index is 1000. The van der Waals surface area contributed by atoms with Crippen molar-refractivity contribution in [2.45, 2.75) is 6.61 Å². The van der Waals surface area contributed by atoms with E-state index in [4.69, 9.17) is 4.74 Å². The zero-order valence-electron chi connectivity index (χ0n) is 13.6. The topological polar surface area (TPSA) is 42.1 Å². The highest BCUT2D eigenvalue weighted by Crippen LogP contribution is 2.27. The zero-order chi connectivity index (χ0) is 17.1. The zero-order valence-corrected chi connectivity index (χ0v) is 13.6. The summed E-state index contributed by atoms with van der Waals surface area (Å²) in [4.78, 5) is 14.2. The van der Waals surface area contributed by atoms with Gasteiger partial charge in [0.1, 0.15) is 18.6 Å². The Balaban J connectivity index is 1.57. The fourth-order valence-electron chi connectivity index (χ4n) is 2.84. The second kappa shape index (κ2) is 6.65. The number of nitrogens with one attached hydrogen (secondary N) is 1. The van der Waals surface area contributed by atoms with Crippen molar-refractivity contribution in [3.8, 4) is 17.0 Å². The van der Waals surface area contributed by atoms with Crippen LogP contribution in [0.3, 0.4) is 0 Å². The highest BCUT2D eigenvalue weighted by molar-refractivity contribution is 5.87. The number of carbonyl (C=O) groups is 1. The molecular formula is C22H17NO2. The van der Waals surface area contributed by atoms with Crippen molar-refractivity contribution in [3.63, 3.8) is 0 Å². The molecule has 3 nitrogen and oxygen atoms in total. The Morgan fingerprint density at radius 1 is 0.880 bits per heavy atom. The fourth-order valence-corrected chi connectivity index (χ4v) is 2.84. The van der Waals surface area contributed by atoms with Gasteiger partial charge in [-0.2, -0.15) is 0 Å². The first-order chi connectivity index (χ1) is 12.3. The first-order valence-corrected chi connectivity index (χ1v) is 8.17. The predicted molar refractivity (Wildman–Crippen MR) is 99.9 cm³/mol. The summed E-state index contributed by atoms with van der Waals surface area (Å²) in [5, 5.41) is 1.10. The number of hydrogen-bond donors (Lipinski definition) is 1. The second-order valence-corrected chi connectivity index (χ2v) is 5.95. The van der Waals surface area contributed by atoms with E-state index in [0.29, 0.717) is 12.2 Å². The van der Waals surface area contributed by atoms with Crippen LogP contribution in [0.25, 0.3) is 22.2 Å². The van der Waals surface area contributed by atoms with Crippen LogP contribution in [0.5, 0.6) is 5.75 Å². The Labute approximate surface area is 145 Å². The summed E-state index contributed by atoms with van der Waals surface area (Å²) in [6.07, 6.45) is 0.853. The number of aldehydes is 1. The highest BCUT2D eigenvalue weighted by Gasteiger charge is 2.05. The standard InChI is InChI=1S/C22H17NO2/c24-14-16-6-8-18(9-7-16)22-13-19-12-20(10-11-21(19)23-22)25-15-17-4-2-1-3-5-17/h1-14,23H,15H2. The van der Waals surface area contributed by atoms with Crippen LogP contribution in [0.4, 0.5) is 0 Å². The molecule has 0 aliphatic heterocycles. The van der Waals surface area contributed by atoms with Gasteiger partial charge in [0.2, 0.25) is 0 Å². The van der Waals surface area contributed by atoms with E-state index < -0.39 is 0 Å². The molecule has 1 heterocycles. The van der Waals surface area contributed by atoms with Crippen LogP contribution in [0.1, 0.15) is 15.9 Å². The molecule has 0 unspecified atom stereocenters. The largest absolute Gasteiger partial charge is 0.489 e. The van der Waals surface area contributed by atoms with Crippen LogP contribution < -0.4 is 4.74 Å². The summed E-state index contributed by atoms with van der Waals surface area (Å²) in [6, 6.07) is 25.8. The SMILES string of the molecule is O=Cc1ccc(-c2cc3cc(OCc4ccccc4)ccc3[nH]2)cc1. The number of aromatic amines is 1. The molecule has 0 aliphatic rings. The van der Waals surface area contributed by atoms with Gasteiger partial charge in [-0.3, -0.25) is 4.79 Å². The molecule has 25 heavy (non-hydrogen) atoms. The molecule has 0 saturated carbocycles. The Morgan fingerprint density at radius 3 is 2.44 bits per heavy atom. The summed E-state index contributed by atoms with van der Waals surface area (Å²) in [5.41, 5.74) is 4.95. The number of hydrogen-bond acceptors (Lipinski definition) is 2. The van der Waals surface area contributed by atoms with Crippen molar-refractivity contribution in [2.75, 3.05) is 0 Å². The lowest BCUT2D eigenvalue weighted by Crippen LogP contribution is -1.94. The molecule has 122 valence electrons. The summed E-state index contributed by atoms with van der Waals surface area (Å²) in [7, 11) is 0. The number of aromatic nitrogens is 1. The molecule has 1 aromatic heterocycles. The minimum absolute atomic E-state index is 0.552. The molecule has 0 aliphatic carbocycles. The van der Waals surface area contributed by atoms with Gasteiger partial charge in [-0.05, 0) is 35.4 Å². The number of ether oxygens (including phenoxy) is 1. The molecule has 0 amide bonds. The van der Waals surface area contributed by atoms with Crippen molar-refractivity contribution in [1.82, 2.24) is 4.98 Å². The first kappa shape index (κ1) is 15.2. The minimum Gasteiger partial charge on any atom is -0.489 e. The molecule has 0 atom stereocenters. The average molecular weight is 327 g/mol. The molecular weight excluding hydrogens is 310 g/mol. The van der Waals surface area contributed by atoms with Crippen molar-refractivity contribution in [3.05, 3.63) is 90.0 Å². The van der Waals surface area contributed by atoms with Gasteiger partial charge in [0.15, 0.2) is 0 Å². The highest BCUT2D eigenvalue weighted by atomic mass is 16.5. The predicted octanol–water partition coefficient (Wildman–Crippen LogP) is 5.23. The third kappa shape index (κ3) is 3.31. The van der Waals surface area contributed by atoms with Crippen LogP contribution in [0, 0.1) is 0 Å². The normalized spacial score (nSPS) is 10.7. The summed E-state index contributed by atoms with van der Waals surface area (Å²) in [6.45, 7) is 0.552. The lowest BCUT2D eigenvalue weighted by atomic mass is 10.1. The maximum atomic E-state index is 10.8. The molecule has 0 saturated heterocycles. The monoisotopic (exact) mass is 327 g/mol. The summed E-state index contributed by atoms with van der Waals surface area (Å²) >= 11 is 0. The molecule has 3 heteroatoms. The van der Waals surface area contributed by atoms with E-state index in [9.17, 15) is 4.79 Å². The van der Waals surface area contributed by atoms with Gasteiger partial charge < -0.3 is 9.72 Å². The lowest BCUT2D eigenvalue weighted by Gasteiger charge is -2.06. The van der Waals surface area contributed by atoms with Gasteiger partial charge in [-0.15, -0.1) is 0 Å². The molecule has 0 fully saturated rings. The molecule has 0 spiro atoms. The van der Waals surface area contributed by atoms with Crippen molar-refractivity contribution >= 4 is 17.2 Å². The molecule has 1 N–H and O–H groups in total. The van der Waals surface area contributed by atoms with Gasteiger partial charge in [0.25, 0.3) is 0 Å². The summed E-state index contributed by atoms with van der Waals surface area (Å²) in [5.74, 6) is 0.846.